The highest BCUT2D eigenvalue weighted by atomic mass is 35.5. The number of aliphatic hydroxyl groups is 1. The summed E-state index contributed by atoms with van der Waals surface area (Å²) in [5, 5.41) is 16.4. The van der Waals surface area contributed by atoms with Crippen molar-refractivity contribution in [2.45, 2.75) is 17.6 Å². The minimum Gasteiger partial charge on any atom is -0.396 e. The van der Waals surface area contributed by atoms with Crippen LogP contribution in [0.5, 0.6) is 0 Å². The Kier molecular flexibility index (Phi) is 5.62. The minimum atomic E-state index is 0.170. The molecule has 0 fully saturated rings. The Morgan fingerprint density at radius 1 is 1.43 bits per heavy atom. The molecular formula is C7H11Cl2N3OS. The van der Waals surface area contributed by atoms with Crippen LogP contribution in [0.25, 0.3) is 0 Å². The van der Waals surface area contributed by atoms with Crippen molar-refractivity contribution in [2.75, 3.05) is 12.4 Å². The first-order chi connectivity index (χ1) is 6.83. The highest BCUT2D eigenvalue weighted by Gasteiger charge is 2.10. The van der Waals surface area contributed by atoms with Crippen LogP contribution in [0.15, 0.2) is 0 Å². The van der Waals surface area contributed by atoms with Crippen LogP contribution >= 0.6 is 35.0 Å². The van der Waals surface area contributed by atoms with E-state index in [-0.39, 0.29) is 12.6 Å². The summed E-state index contributed by atoms with van der Waals surface area (Å²) in [7, 11) is 0. The second-order valence-corrected chi connectivity index (χ2v) is 4.12. The first-order valence-electron chi connectivity index (χ1n) is 4.05. The van der Waals surface area contributed by atoms with Gasteiger partial charge in [-0.1, -0.05) is 5.21 Å². The molecule has 0 aliphatic heterocycles. The van der Waals surface area contributed by atoms with Crippen molar-refractivity contribution in [3.8, 4) is 0 Å². The summed E-state index contributed by atoms with van der Waals surface area (Å²) in [6.07, 6.45) is 0. The van der Waals surface area contributed by atoms with Gasteiger partial charge in [0.2, 0.25) is 0 Å². The summed E-state index contributed by atoms with van der Waals surface area (Å²) in [4.78, 5) is 0. The number of alkyl halides is 2. The number of halogens is 2. The molecule has 0 amide bonds. The van der Waals surface area contributed by atoms with Crippen molar-refractivity contribution >= 4 is 35.0 Å². The van der Waals surface area contributed by atoms with Crippen LogP contribution < -0.4 is 0 Å². The summed E-state index contributed by atoms with van der Waals surface area (Å²) in [6.45, 7) is 0.170. The fraction of sp³-hybridized carbons (Fsp3) is 0.714. The molecule has 1 rings (SSSR count). The molecule has 0 atom stereocenters. The number of hydrogen-bond acceptors (Lipinski definition) is 4. The van der Waals surface area contributed by atoms with Gasteiger partial charge < -0.3 is 5.11 Å². The summed E-state index contributed by atoms with van der Waals surface area (Å²) < 4.78 is 1.61. The van der Waals surface area contributed by atoms with E-state index >= 15 is 0 Å². The van der Waals surface area contributed by atoms with Gasteiger partial charge in [-0.2, -0.15) is 11.8 Å². The third kappa shape index (κ3) is 3.02. The smallest absolute Gasteiger partial charge is 0.117 e. The molecule has 0 radical (unpaired) electrons. The minimum absolute atomic E-state index is 0.170. The lowest BCUT2D eigenvalue weighted by atomic mass is 10.4. The molecule has 7 heteroatoms. The van der Waals surface area contributed by atoms with Gasteiger partial charge in [-0.25, -0.2) is 4.68 Å². The van der Waals surface area contributed by atoms with Gasteiger partial charge in [0.15, 0.2) is 0 Å². The van der Waals surface area contributed by atoms with Crippen molar-refractivity contribution in [3.63, 3.8) is 0 Å². The van der Waals surface area contributed by atoms with E-state index in [1.807, 2.05) is 0 Å². The van der Waals surface area contributed by atoms with Gasteiger partial charge in [-0.05, 0) is 0 Å². The molecule has 80 valence electrons. The summed E-state index contributed by atoms with van der Waals surface area (Å²) >= 11 is 13.0. The number of aliphatic hydroxyl groups excluding tert-OH is 1. The Hall–Kier alpha value is 0.0300. The van der Waals surface area contributed by atoms with E-state index in [4.69, 9.17) is 28.3 Å². The largest absolute Gasteiger partial charge is 0.396 e. The molecule has 0 saturated carbocycles. The number of nitrogens with zero attached hydrogens (tertiary/aromatic N) is 3. The molecule has 0 aromatic carbocycles. The Bertz CT molecular complexity index is 260. The van der Waals surface area contributed by atoms with E-state index in [2.05, 4.69) is 10.3 Å². The molecule has 0 unspecified atom stereocenters. The number of aromatic nitrogens is 3. The third-order valence-corrected chi connectivity index (χ3v) is 3.06. The summed E-state index contributed by atoms with van der Waals surface area (Å²) in [5.74, 6) is 1.75. The fourth-order valence-electron chi connectivity index (χ4n) is 0.960. The molecule has 0 aliphatic rings. The quantitative estimate of drug-likeness (QED) is 0.618. The number of thioether (sulfide) groups is 1. The zero-order chi connectivity index (χ0) is 10.4. The van der Waals surface area contributed by atoms with E-state index in [1.165, 1.54) is 0 Å². The molecule has 0 spiro atoms. The molecular weight excluding hydrogens is 245 g/mol. The maximum Gasteiger partial charge on any atom is 0.117 e. The van der Waals surface area contributed by atoms with E-state index in [0.717, 1.165) is 17.1 Å². The first kappa shape index (κ1) is 12.1. The number of rotatable bonds is 6. The van der Waals surface area contributed by atoms with E-state index in [1.54, 1.807) is 16.4 Å². The van der Waals surface area contributed by atoms with E-state index in [0.29, 0.717) is 11.6 Å². The van der Waals surface area contributed by atoms with E-state index < -0.39 is 0 Å². The van der Waals surface area contributed by atoms with Crippen molar-refractivity contribution in [1.29, 1.82) is 0 Å². The van der Waals surface area contributed by atoms with Gasteiger partial charge in [0, 0.05) is 11.5 Å². The van der Waals surface area contributed by atoms with Gasteiger partial charge in [0.05, 0.1) is 18.2 Å². The zero-order valence-corrected chi connectivity index (χ0v) is 9.82. The van der Waals surface area contributed by atoms with Crippen molar-refractivity contribution in [3.05, 3.63) is 11.4 Å². The normalized spacial score (nSPS) is 10.8. The monoisotopic (exact) mass is 255 g/mol. The lowest BCUT2D eigenvalue weighted by molar-refractivity contribution is 0.322. The molecule has 0 bridgehead atoms. The van der Waals surface area contributed by atoms with Crippen LogP contribution in [-0.4, -0.2) is 32.5 Å². The lowest BCUT2D eigenvalue weighted by Gasteiger charge is -2.03. The van der Waals surface area contributed by atoms with Crippen LogP contribution in [0, 0.1) is 0 Å². The molecule has 14 heavy (non-hydrogen) atoms. The van der Waals surface area contributed by atoms with Gasteiger partial charge in [0.1, 0.15) is 11.7 Å². The maximum atomic E-state index is 8.64. The summed E-state index contributed by atoms with van der Waals surface area (Å²) in [6, 6.07) is 0.277. The fourth-order valence-corrected chi connectivity index (χ4v) is 2.14. The molecule has 0 saturated heterocycles. The second-order valence-electron chi connectivity index (χ2n) is 2.51. The van der Waals surface area contributed by atoms with Gasteiger partial charge >= 0.3 is 0 Å². The highest BCUT2D eigenvalue weighted by Crippen LogP contribution is 2.16. The van der Waals surface area contributed by atoms with Gasteiger partial charge in [0.25, 0.3) is 0 Å². The van der Waals surface area contributed by atoms with Crippen molar-refractivity contribution in [1.82, 2.24) is 15.0 Å². The average molecular weight is 256 g/mol. The first-order valence-corrected chi connectivity index (χ1v) is 6.27. The van der Waals surface area contributed by atoms with Crippen molar-refractivity contribution in [2.24, 2.45) is 0 Å². The highest BCUT2D eigenvalue weighted by molar-refractivity contribution is 7.98. The topological polar surface area (TPSA) is 50.9 Å². The Balaban J connectivity index is 2.65. The molecule has 4 nitrogen and oxygen atoms in total. The second kappa shape index (κ2) is 6.50. The van der Waals surface area contributed by atoms with Crippen LogP contribution in [0.1, 0.15) is 11.4 Å². The predicted octanol–water partition coefficient (Wildman–Crippen LogP) is 1.44. The van der Waals surface area contributed by atoms with Gasteiger partial charge in [-0.15, -0.1) is 28.3 Å². The van der Waals surface area contributed by atoms with Crippen LogP contribution in [-0.2, 0) is 17.6 Å². The SMILES string of the molecule is OCCSCc1c(CCl)nnn1CCl. The van der Waals surface area contributed by atoms with Crippen molar-refractivity contribution < 1.29 is 5.11 Å². The average Bonchev–Trinajstić information content (AvgIpc) is 2.60. The molecule has 1 aromatic rings. The third-order valence-electron chi connectivity index (χ3n) is 1.63. The predicted molar refractivity (Wildman–Crippen MR) is 58.7 cm³/mol. The molecule has 1 aromatic heterocycles. The summed E-state index contributed by atoms with van der Waals surface area (Å²) in [5.41, 5.74) is 1.70. The van der Waals surface area contributed by atoms with Gasteiger partial charge in [-0.3, -0.25) is 0 Å². The molecule has 1 N–H and O–H groups in total. The van der Waals surface area contributed by atoms with Crippen LogP contribution in [0.2, 0.25) is 0 Å². The maximum absolute atomic E-state index is 8.64. The number of hydrogen-bond donors (Lipinski definition) is 1. The lowest BCUT2D eigenvalue weighted by Crippen LogP contribution is -2.02. The Labute approximate surface area is 96.6 Å². The van der Waals surface area contributed by atoms with Crippen LogP contribution in [0.3, 0.4) is 0 Å². The van der Waals surface area contributed by atoms with E-state index in [9.17, 15) is 0 Å². The van der Waals surface area contributed by atoms with Crippen LogP contribution in [0.4, 0.5) is 0 Å². The zero-order valence-electron chi connectivity index (χ0n) is 7.49. The standard InChI is InChI=1S/C7H11Cl2N3OS/c8-3-6-7(4-14-2-1-13)12(5-9)11-10-6/h13H,1-5H2. The Morgan fingerprint density at radius 3 is 2.79 bits per heavy atom. The molecule has 0 aliphatic carbocycles. The Morgan fingerprint density at radius 2 is 2.21 bits per heavy atom. The molecule has 1 heterocycles.